The molecule has 1 aliphatic heterocycles. The van der Waals surface area contributed by atoms with Crippen molar-refractivity contribution >= 4 is 11.8 Å². The van der Waals surface area contributed by atoms with Gasteiger partial charge in [0.2, 0.25) is 0 Å². The van der Waals surface area contributed by atoms with Gasteiger partial charge in [-0.2, -0.15) is 0 Å². The Morgan fingerprint density at radius 1 is 1.17 bits per heavy atom. The van der Waals surface area contributed by atoms with Crippen molar-refractivity contribution in [2.75, 3.05) is 11.9 Å². The van der Waals surface area contributed by atoms with E-state index in [0.29, 0.717) is 31.4 Å². The number of nitrogens with zero attached hydrogens (tertiary/aromatic N) is 1. The molecule has 1 N–H and O–H groups in total. The van der Waals surface area contributed by atoms with Gasteiger partial charge in [0.05, 0.1) is 0 Å². The molecule has 0 saturated carbocycles. The van der Waals surface area contributed by atoms with E-state index in [9.17, 15) is 18.7 Å². The lowest BCUT2D eigenvalue weighted by Gasteiger charge is -2.47. The molecular formula is C23H27F2N2O2-. The molecule has 2 atom stereocenters. The van der Waals surface area contributed by atoms with Gasteiger partial charge in [0.15, 0.2) is 11.6 Å². The zero-order chi connectivity index (χ0) is 21.2. The van der Waals surface area contributed by atoms with E-state index in [1.165, 1.54) is 11.0 Å². The maximum Gasteiger partial charge on any atom is 0.159 e. The Kier molecular flexibility index (Phi) is 6.10. The smallest absolute Gasteiger partial charge is 0.159 e. The molecule has 0 aliphatic carbocycles. The fraction of sp³-hybridized carbons (Fsp3) is 0.435. The number of rotatable bonds is 4. The lowest BCUT2D eigenvalue weighted by Crippen LogP contribution is -2.57. The van der Waals surface area contributed by atoms with Gasteiger partial charge >= 0.3 is 0 Å². The van der Waals surface area contributed by atoms with Crippen LogP contribution in [0.5, 0.6) is 0 Å². The fourth-order valence-electron chi connectivity index (χ4n) is 4.04. The standard InChI is InChI=1S/C23H28F2N2O2/c1-23(2,3)21-14-17(10-11-27(21)22(28)29)26-20-7-5-4-6-16(20)12-15-8-9-18(24)19(25)13-15/h4-9,13,17,21,26H,10-12,14H2,1-3H3,(H,28,29)/p-1. The van der Waals surface area contributed by atoms with Crippen molar-refractivity contribution in [3.8, 4) is 0 Å². The van der Waals surface area contributed by atoms with Crippen molar-refractivity contribution in [2.45, 2.75) is 52.1 Å². The predicted molar refractivity (Wildman–Crippen MR) is 108 cm³/mol. The van der Waals surface area contributed by atoms with Crippen LogP contribution in [0.15, 0.2) is 42.5 Å². The van der Waals surface area contributed by atoms with Crippen molar-refractivity contribution < 1.29 is 18.7 Å². The molecule has 0 aromatic heterocycles. The number of likely N-dealkylation sites (tertiary alicyclic amines) is 1. The van der Waals surface area contributed by atoms with Crippen molar-refractivity contribution in [2.24, 2.45) is 5.41 Å². The summed E-state index contributed by atoms with van der Waals surface area (Å²) in [7, 11) is 0. The Morgan fingerprint density at radius 2 is 1.90 bits per heavy atom. The zero-order valence-corrected chi connectivity index (χ0v) is 17.0. The number of benzene rings is 2. The van der Waals surface area contributed by atoms with Gasteiger partial charge in [-0.15, -0.1) is 0 Å². The third kappa shape index (κ3) is 5.05. The highest BCUT2D eigenvalue weighted by atomic mass is 19.2. The van der Waals surface area contributed by atoms with Gasteiger partial charge < -0.3 is 20.1 Å². The van der Waals surface area contributed by atoms with E-state index >= 15 is 0 Å². The van der Waals surface area contributed by atoms with Crippen LogP contribution < -0.4 is 10.4 Å². The second-order valence-electron chi connectivity index (χ2n) is 8.79. The second kappa shape index (κ2) is 8.39. The summed E-state index contributed by atoms with van der Waals surface area (Å²) in [6, 6.07) is 11.7. The average Bonchev–Trinajstić information content (AvgIpc) is 2.65. The molecule has 4 nitrogen and oxygen atoms in total. The summed E-state index contributed by atoms with van der Waals surface area (Å²) in [6.07, 6.45) is 0.708. The molecular weight excluding hydrogens is 374 g/mol. The average molecular weight is 401 g/mol. The van der Waals surface area contributed by atoms with E-state index < -0.39 is 17.7 Å². The maximum atomic E-state index is 13.6. The van der Waals surface area contributed by atoms with Crippen LogP contribution in [0.4, 0.5) is 19.3 Å². The molecule has 0 radical (unpaired) electrons. The molecule has 1 amide bonds. The molecule has 1 heterocycles. The number of carbonyl (C=O) groups excluding carboxylic acids is 1. The molecule has 2 aromatic carbocycles. The number of nitrogens with one attached hydrogen (secondary N) is 1. The third-order valence-corrected chi connectivity index (χ3v) is 5.59. The molecule has 2 unspecified atom stereocenters. The number of carboxylic acid groups (broad SMARTS) is 1. The van der Waals surface area contributed by atoms with Gasteiger partial charge in [-0.25, -0.2) is 8.78 Å². The summed E-state index contributed by atoms with van der Waals surface area (Å²) in [5, 5.41) is 15.1. The van der Waals surface area contributed by atoms with Crippen molar-refractivity contribution in [3.05, 3.63) is 65.2 Å². The molecule has 1 aliphatic rings. The molecule has 3 rings (SSSR count). The Hall–Kier alpha value is -2.63. The van der Waals surface area contributed by atoms with Crippen LogP contribution in [-0.2, 0) is 6.42 Å². The highest BCUT2D eigenvalue weighted by Gasteiger charge is 2.36. The van der Waals surface area contributed by atoms with E-state index in [-0.39, 0.29) is 17.5 Å². The SMILES string of the molecule is CC(C)(C)C1CC(Nc2ccccc2Cc2ccc(F)c(F)c2)CCN1C(=O)[O-]. The summed E-state index contributed by atoms with van der Waals surface area (Å²) in [4.78, 5) is 13.0. The molecule has 156 valence electrons. The number of carbonyl (C=O) groups is 1. The van der Waals surface area contributed by atoms with Crippen LogP contribution >= 0.6 is 0 Å². The lowest BCUT2D eigenvalue weighted by atomic mass is 9.79. The first kappa shape index (κ1) is 21.1. The lowest BCUT2D eigenvalue weighted by molar-refractivity contribution is -0.271. The molecule has 29 heavy (non-hydrogen) atoms. The first-order chi connectivity index (χ1) is 13.6. The van der Waals surface area contributed by atoms with Gasteiger partial charge in [0.1, 0.15) is 6.09 Å². The van der Waals surface area contributed by atoms with Gasteiger partial charge in [0, 0.05) is 24.3 Å². The van der Waals surface area contributed by atoms with Crippen LogP contribution in [0.1, 0.15) is 44.7 Å². The van der Waals surface area contributed by atoms with Crippen molar-refractivity contribution in [3.63, 3.8) is 0 Å². The topological polar surface area (TPSA) is 55.4 Å². The van der Waals surface area contributed by atoms with Crippen molar-refractivity contribution in [1.29, 1.82) is 0 Å². The maximum absolute atomic E-state index is 13.6. The first-order valence-electron chi connectivity index (χ1n) is 9.91. The van der Waals surface area contributed by atoms with Crippen LogP contribution in [0.3, 0.4) is 0 Å². The van der Waals surface area contributed by atoms with Gasteiger partial charge in [-0.05, 0) is 54.0 Å². The molecule has 1 saturated heterocycles. The number of hydrogen-bond acceptors (Lipinski definition) is 3. The number of hydrogen-bond donors (Lipinski definition) is 1. The number of para-hydroxylation sites is 1. The molecule has 2 aromatic rings. The van der Waals surface area contributed by atoms with Crippen LogP contribution in [0.25, 0.3) is 0 Å². The fourth-order valence-corrected chi connectivity index (χ4v) is 4.04. The molecule has 1 fully saturated rings. The summed E-state index contributed by atoms with van der Waals surface area (Å²) < 4.78 is 26.8. The molecule has 0 spiro atoms. The highest BCUT2D eigenvalue weighted by molar-refractivity contribution is 5.63. The van der Waals surface area contributed by atoms with Crippen LogP contribution in [-0.4, -0.2) is 29.6 Å². The zero-order valence-electron chi connectivity index (χ0n) is 17.0. The van der Waals surface area contributed by atoms with E-state index in [2.05, 4.69) is 5.32 Å². The minimum atomic E-state index is -1.12. The third-order valence-electron chi connectivity index (χ3n) is 5.59. The minimum Gasteiger partial charge on any atom is -0.530 e. The van der Waals surface area contributed by atoms with Gasteiger partial charge in [0.25, 0.3) is 0 Å². The number of piperidine rings is 1. The summed E-state index contributed by atoms with van der Waals surface area (Å²) >= 11 is 0. The second-order valence-corrected chi connectivity index (χ2v) is 8.79. The highest BCUT2D eigenvalue weighted by Crippen LogP contribution is 2.33. The summed E-state index contributed by atoms with van der Waals surface area (Å²) in [5.74, 6) is -1.70. The number of anilines is 1. The van der Waals surface area contributed by atoms with Crippen molar-refractivity contribution in [1.82, 2.24) is 4.90 Å². The van der Waals surface area contributed by atoms with E-state index in [4.69, 9.17) is 0 Å². The van der Waals surface area contributed by atoms with Crippen LogP contribution in [0.2, 0.25) is 0 Å². The van der Waals surface area contributed by atoms with E-state index in [1.807, 2.05) is 45.0 Å². The Bertz CT molecular complexity index is 879. The summed E-state index contributed by atoms with van der Waals surface area (Å²) in [5.41, 5.74) is 2.40. The Labute approximate surface area is 170 Å². The molecule has 6 heteroatoms. The minimum absolute atomic E-state index is 0.112. The predicted octanol–water partition coefficient (Wildman–Crippen LogP) is 4.19. The number of halogens is 2. The molecule has 0 bridgehead atoms. The quantitative estimate of drug-likeness (QED) is 0.836. The Balaban J connectivity index is 1.77. The largest absolute Gasteiger partial charge is 0.530 e. The summed E-state index contributed by atoms with van der Waals surface area (Å²) in [6.45, 7) is 6.53. The first-order valence-corrected chi connectivity index (χ1v) is 9.91. The number of amides is 1. The van der Waals surface area contributed by atoms with Gasteiger partial charge in [-0.1, -0.05) is 45.0 Å². The van der Waals surface area contributed by atoms with Gasteiger partial charge in [-0.3, -0.25) is 0 Å². The van der Waals surface area contributed by atoms with E-state index in [0.717, 1.165) is 17.3 Å². The van der Waals surface area contributed by atoms with Crippen LogP contribution in [0, 0.1) is 17.0 Å². The normalized spacial score (nSPS) is 19.8. The Morgan fingerprint density at radius 3 is 2.55 bits per heavy atom. The van der Waals surface area contributed by atoms with E-state index in [1.54, 1.807) is 6.07 Å². The monoisotopic (exact) mass is 401 g/mol.